The van der Waals surface area contributed by atoms with Crippen LogP contribution in [0.15, 0.2) is 24.3 Å². The Hall–Kier alpha value is -1.26. The van der Waals surface area contributed by atoms with Gasteiger partial charge in [0.25, 0.3) is 0 Å². The molecule has 1 rings (SSSR count). The summed E-state index contributed by atoms with van der Waals surface area (Å²) in [4.78, 5) is 0. The largest absolute Gasteiger partial charge is 0.297 e. The van der Waals surface area contributed by atoms with Crippen molar-refractivity contribution in [2.45, 2.75) is 65.0 Å². The number of nitrogens with one attached hydrogen (secondary N) is 1. The molecule has 0 heterocycles. The molecule has 19 heavy (non-hydrogen) atoms. The Morgan fingerprint density at radius 3 is 2.37 bits per heavy atom. The summed E-state index contributed by atoms with van der Waals surface area (Å²) >= 11 is 0. The van der Waals surface area contributed by atoms with Crippen molar-refractivity contribution >= 4 is 0 Å². The van der Waals surface area contributed by atoms with E-state index in [0.29, 0.717) is 6.04 Å². The van der Waals surface area contributed by atoms with Crippen molar-refractivity contribution in [3.8, 4) is 12.3 Å². The highest BCUT2D eigenvalue weighted by molar-refractivity contribution is 5.25. The number of rotatable bonds is 8. The summed E-state index contributed by atoms with van der Waals surface area (Å²) < 4.78 is 0. The third-order valence-electron chi connectivity index (χ3n) is 3.53. The molecule has 2 atom stereocenters. The zero-order valence-electron chi connectivity index (χ0n) is 12.6. The molecule has 0 spiro atoms. The van der Waals surface area contributed by atoms with Crippen molar-refractivity contribution in [1.82, 2.24) is 5.32 Å². The summed E-state index contributed by atoms with van der Waals surface area (Å²) in [6.07, 6.45) is 11.4. The molecular formula is C18H27N. The molecule has 0 amide bonds. The van der Waals surface area contributed by atoms with Crippen LogP contribution in [0.2, 0.25) is 0 Å². The molecule has 0 saturated heterocycles. The number of benzene rings is 1. The maximum Gasteiger partial charge on any atom is 0.0691 e. The first kappa shape index (κ1) is 15.8. The minimum atomic E-state index is 0.180. The van der Waals surface area contributed by atoms with E-state index in [0.717, 1.165) is 12.8 Å². The highest BCUT2D eigenvalue weighted by Crippen LogP contribution is 2.16. The second kappa shape index (κ2) is 8.77. The van der Waals surface area contributed by atoms with Gasteiger partial charge in [-0.1, -0.05) is 56.9 Å². The standard InChI is InChI=1S/C18H27N/c1-5-8-10-16-11-13-17(14-12-16)15(4)19-18(7-3)9-6-2/h3,11-15,18-19H,5-6,8-10H2,1-2,4H3. The van der Waals surface area contributed by atoms with Crippen molar-refractivity contribution in [3.63, 3.8) is 0 Å². The molecule has 1 N–H and O–H groups in total. The zero-order chi connectivity index (χ0) is 14.1. The Kier molecular flexibility index (Phi) is 7.30. The summed E-state index contributed by atoms with van der Waals surface area (Å²) in [6, 6.07) is 9.43. The van der Waals surface area contributed by atoms with Gasteiger partial charge in [0.05, 0.1) is 6.04 Å². The van der Waals surface area contributed by atoms with Gasteiger partial charge in [0.2, 0.25) is 0 Å². The molecule has 1 aromatic carbocycles. The first-order valence-corrected chi connectivity index (χ1v) is 7.52. The van der Waals surface area contributed by atoms with Crippen LogP contribution in [0, 0.1) is 12.3 Å². The molecule has 0 fully saturated rings. The third kappa shape index (κ3) is 5.49. The zero-order valence-corrected chi connectivity index (χ0v) is 12.6. The molecule has 0 aliphatic carbocycles. The van der Waals surface area contributed by atoms with E-state index >= 15 is 0 Å². The second-order valence-corrected chi connectivity index (χ2v) is 5.24. The van der Waals surface area contributed by atoms with Gasteiger partial charge in [0.1, 0.15) is 0 Å². The lowest BCUT2D eigenvalue weighted by molar-refractivity contribution is 0.495. The summed E-state index contributed by atoms with van der Waals surface area (Å²) in [5.74, 6) is 2.83. The smallest absolute Gasteiger partial charge is 0.0691 e. The second-order valence-electron chi connectivity index (χ2n) is 5.24. The highest BCUT2D eigenvalue weighted by atomic mass is 14.9. The van der Waals surface area contributed by atoms with E-state index in [4.69, 9.17) is 6.42 Å². The summed E-state index contributed by atoms with van der Waals surface area (Å²) in [7, 11) is 0. The number of aryl methyl sites for hydroxylation is 1. The fourth-order valence-electron chi connectivity index (χ4n) is 2.26. The molecule has 2 unspecified atom stereocenters. The van der Waals surface area contributed by atoms with E-state index in [1.54, 1.807) is 0 Å². The van der Waals surface area contributed by atoms with Gasteiger partial charge in [-0.05, 0) is 37.3 Å². The SMILES string of the molecule is C#CC(CCC)NC(C)c1ccc(CCCC)cc1. The van der Waals surface area contributed by atoms with E-state index in [9.17, 15) is 0 Å². The van der Waals surface area contributed by atoms with Crippen LogP contribution in [-0.4, -0.2) is 6.04 Å². The van der Waals surface area contributed by atoms with Crippen molar-refractivity contribution in [2.75, 3.05) is 0 Å². The minimum absolute atomic E-state index is 0.180. The molecule has 0 aliphatic rings. The molecule has 1 heteroatoms. The number of terminal acetylenes is 1. The molecule has 0 aliphatic heterocycles. The molecule has 104 valence electrons. The summed E-state index contributed by atoms with van der Waals surface area (Å²) in [5.41, 5.74) is 2.75. The van der Waals surface area contributed by atoms with E-state index in [-0.39, 0.29) is 6.04 Å². The summed E-state index contributed by atoms with van der Waals surface area (Å²) in [5, 5.41) is 3.51. The highest BCUT2D eigenvalue weighted by Gasteiger charge is 2.10. The maximum atomic E-state index is 5.55. The van der Waals surface area contributed by atoms with Gasteiger partial charge in [-0.15, -0.1) is 6.42 Å². The van der Waals surface area contributed by atoms with Gasteiger partial charge < -0.3 is 0 Å². The molecule has 0 bridgehead atoms. The Balaban J connectivity index is 2.57. The number of unbranched alkanes of at least 4 members (excludes halogenated alkanes) is 1. The quantitative estimate of drug-likeness (QED) is 0.677. The topological polar surface area (TPSA) is 12.0 Å². The van der Waals surface area contributed by atoms with Gasteiger partial charge in [-0.2, -0.15) is 0 Å². The Morgan fingerprint density at radius 1 is 1.16 bits per heavy atom. The minimum Gasteiger partial charge on any atom is -0.297 e. The van der Waals surface area contributed by atoms with Gasteiger partial charge in [0, 0.05) is 6.04 Å². The average Bonchev–Trinajstić information content (AvgIpc) is 2.45. The van der Waals surface area contributed by atoms with Crippen LogP contribution >= 0.6 is 0 Å². The van der Waals surface area contributed by atoms with Gasteiger partial charge in [0.15, 0.2) is 0 Å². The molecule has 0 saturated carbocycles. The van der Waals surface area contributed by atoms with Gasteiger partial charge in [-0.25, -0.2) is 0 Å². The predicted molar refractivity (Wildman–Crippen MR) is 84.1 cm³/mol. The fourth-order valence-corrected chi connectivity index (χ4v) is 2.26. The van der Waals surface area contributed by atoms with Crippen molar-refractivity contribution in [2.24, 2.45) is 0 Å². The Morgan fingerprint density at radius 2 is 1.84 bits per heavy atom. The number of hydrogen-bond donors (Lipinski definition) is 1. The first-order chi connectivity index (χ1) is 9.21. The lowest BCUT2D eigenvalue weighted by Gasteiger charge is -2.19. The van der Waals surface area contributed by atoms with Crippen molar-refractivity contribution < 1.29 is 0 Å². The summed E-state index contributed by atoms with van der Waals surface area (Å²) in [6.45, 7) is 6.58. The van der Waals surface area contributed by atoms with Crippen molar-refractivity contribution in [3.05, 3.63) is 35.4 Å². The van der Waals surface area contributed by atoms with Crippen molar-refractivity contribution in [1.29, 1.82) is 0 Å². The maximum absolute atomic E-state index is 5.55. The first-order valence-electron chi connectivity index (χ1n) is 7.52. The lowest BCUT2D eigenvalue weighted by atomic mass is 10.0. The van der Waals surface area contributed by atoms with E-state index in [1.807, 2.05) is 0 Å². The van der Waals surface area contributed by atoms with Crippen LogP contribution < -0.4 is 5.32 Å². The van der Waals surface area contributed by atoms with E-state index < -0.39 is 0 Å². The molecule has 1 aromatic rings. The van der Waals surface area contributed by atoms with Gasteiger partial charge >= 0.3 is 0 Å². The van der Waals surface area contributed by atoms with Crippen LogP contribution in [-0.2, 0) is 6.42 Å². The lowest BCUT2D eigenvalue weighted by Crippen LogP contribution is -2.30. The predicted octanol–water partition coefficient (Wildman–Crippen LogP) is 4.48. The monoisotopic (exact) mass is 257 g/mol. The van der Waals surface area contributed by atoms with Crippen LogP contribution in [0.1, 0.15) is 63.6 Å². The molecule has 0 radical (unpaired) electrons. The van der Waals surface area contributed by atoms with Crippen LogP contribution in [0.5, 0.6) is 0 Å². The van der Waals surface area contributed by atoms with Crippen LogP contribution in [0.3, 0.4) is 0 Å². The molecule has 1 nitrogen and oxygen atoms in total. The Bertz CT molecular complexity index is 385. The third-order valence-corrected chi connectivity index (χ3v) is 3.53. The van der Waals surface area contributed by atoms with Gasteiger partial charge in [-0.3, -0.25) is 5.32 Å². The Labute approximate surface area is 118 Å². The van der Waals surface area contributed by atoms with E-state index in [1.165, 1.54) is 30.4 Å². The normalized spacial score (nSPS) is 13.8. The van der Waals surface area contributed by atoms with E-state index in [2.05, 4.69) is 56.3 Å². The van der Waals surface area contributed by atoms with Crippen LogP contribution in [0.25, 0.3) is 0 Å². The number of hydrogen-bond acceptors (Lipinski definition) is 1. The fraction of sp³-hybridized carbons (Fsp3) is 0.556. The molecule has 0 aromatic heterocycles. The van der Waals surface area contributed by atoms with Crippen LogP contribution in [0.4, 0.5) is 0 Å². The molecular weight excluding hydrogens is 230 g/mol. The average molecular weight is 257 g/mol.